The molecule has 0 bridgehead atoms. The molecule has 8 nitrogen and oxygen atoms in total. The van der Waals surface area contributed by atoms with Crippen LogP contribution < -0.4 is 18.9 Å². The average Bonchev–Trinajstić information content (AvgIpc) is 3.65. The molecule has 170 valence electrons. The summed E-state index contributed by atoms with van der Waals surface area (Å²) in [5.41, 5.74) is 1.83. The lowest BCUT2D eigenvalue weighted by Crippen LogP contribution is -2.11. The maximum absolute atomic E-state index is 6.21. The molecular formula is C24H26O8. The van der Waals surface area contributed by atoms with E-state index >= 15 is 0 Å². The van der Waals surface area contributed by atoms with Gasteiger partial charge in [-0.25, -0.2) is 0 Å². The van der Waals surface area contributed by atoms with Gasteiger partial charge >= 0.3 is 0 Å². The van der Waals surface area contributed by atoms with E-state index in [1.54, 1.807) is 0 Å². The monoisotopic (exact) mass is 442 g/mol. The van der Waals surface area contributed by atoms with Crippen LogP contribution in [0.1, 0.15) is 0 Å². The Bertz CT molecular complexity index is 947. The zero-order valence-electron chi connectivity index (χ0n) is 17.7. The summed E-state index contributed by atoms with van der Waals surface area (Å²) < 4.78 is 45.4. The van der Waals surface area contributed by atoms with Crippen molar-refractivity contribution in [1.82, 2.24) is 0 Å². The van der Waals surface area contributed by atoms with Gasteiger partial charge in [0.15, 0.2) is 11.5 Å². The van der Waals surface area contributed by atoms with Crippen LogP contribution in [-0.2, 0) is 18.9 Å². The second-order valence-corrected chi connectivity index (χ2v) is 8.39. The molecule has 0 spiro atoms. The van der Waals surface area contributed by atoms with Crippen molar-refractivity contribution in [2.24, 2.45) is 0 Å². The average molecular weight is 442 g/mol. The van der Waals surface area contributed by atoms with Gasteiger partial charge < -0.3 is 37.9 Å². The van der Waals surface area contributed by atoms with Crippen molar-refractivity contribution in [2.45, 2.75) is 24.4 Å². The Morgan fingerprint density at radius 1 is 0.625 bits per heavy atom. The maximum Gasteiger partial charge on any atom is 0.169 e. The largest absolute Gasteiger partial charge is 0.491 e. The fourth-order valence-corrected chi connectivity index (χ4v) is 3.28. The zero-order valence-corrected chi connectivity index (χ0v) is 17.7. The van der Waals surface area contributed by atoms with Gasteiger partial charge in [-0.1, -0.05) is 12.1 Å². The first-order valence-electron chi connectivity index (χ1n) is 11.1. The SMILES string of the molecule is c1cc(OCC2CO2)cc(-c2cc(OCC3CO3)cc(OCC3CO3)c2OCC2CO2)c1. The van der Waals surface area contributed by atoms with Gasteiger partial charge in [0.25, 0.3) is 0 Å². The molecule has 4 heterocycles. The summed E-state index contributed by atoms with van der Waals surface area (Å²) in [7, 11) is 0. The van der Waals surface area contributed by atoms with Gasteiger partial charge in [0, 0.05) is 11.6 Å². The molecule has 8 heteroatoms. The predicted molar refractivity (Wildman–Crippen MR) is 113 cm³/mol. The Kier molecular flexibility index (Phi) is 5.52. The molecule has 32 heavy (non-hydrogen) atoms. The van der Waals surface area contributed by atoms with E-state index in [0.717, 1.165) is 43.3 Å². The summed E-state index contributed by atoms with van der Waals surface area (Å²) in [5, 5.41) is 0. The Balaban J connectivity index is 1.31. The van der Waals surface area contributed by atoms with Crippen LogP contribution in [0.5, 0.6) is 23.0 Å². The van der Waals surface area contributed by atoms with Gasteiger partial charge in [-0.3, -0.25) is 0 Å². The zero-order chi connectivity index (χ0) is 21.3. The molecule has 4 unspecified atom stereocenters. The number of epoxide rings is 4. The molecule has 4 saturated heterocycles. The van der Waals surface area contributed by atoms with E-state index in [9.17, 15) is 0 Å². The van der Waals surface area contributed by atoms with E-state index in [4.69, 9.17) is 37.9 Å². The van der Waals surface area contributed by atoms with Crippen LogP contribution in [0.25, 0.3) is 11.1 Å². The highest BCUT2D eigenvalue weighted by Crippen LogP contribution is 2.43. The standard InChI is InChI=1S/C24H26O8/c1-2-15(4-16(3-1)25-7-18-9-27-18)22-5-17(26-8-19-10-28-19)6-23(31-13-20-11-29-20)24(22)32-14-21-12-30-21/h1-6,18-21H,7-14H2. The first-order chi connectivity index (χ1) is 15.8. The molecule has 0 amide bonds. The Morgan fingerprint density at radius 3 is 1.81 bits per heavy atom. The Hall–Kier alpha value is -2.52. The lowest BCUT2D eigenvalue weighted by Gasteiger charge is -2.19. The normalized spacial score (nSPS) is 26.9. The highest BCUT2D eigenvalue weighted by molar-refractivity contribution is 5.76. The van der Waals surface area contributed by atoms with E-state index in [-0.39, 0.29) is 24.4 Å². The van der Waals surface area contributed by atoms with E-state index in [0.29, 0.717) is 43.7 Å². The van der Waals surface area contributed by atoms with Crippen LogP contribution in [0.4, 0.5) is 0 Å². The van der Waals surface area contributed by atoms with Crippen molar-refractivity contribution < 1.29 is 37.9 Å². The number of hydrogen-bond donors (Lipinski definition) is 0. The highest BCUT2D eigenvalue weighted by Gasteiger charge is 2.29. The van der Waals surface area contributed by atoms with Gasteiger partial charge in [0.1, 0.15) is 62.3 Å². The first kappa shape index (κ1) is 20.1. The number of hydrogen-bond acceptors (Lipinski definition) is 8. The molecule has 0 aliphatic carbocycles. The van der Waals surface area contributed by atoms with Crippen LogP contribution >= 0.6 is 0 Å². The van der Waals surface area contributed by atoms with E-state index in [1.807, 2.05) is 36.4 Å². The second-order valence-electron chi connectivity index (χ2n) is 8.39. The van der Waals surface area contributed by atoms with Crippen LogP contribution in [0.15, 0.2) is 36.4 Å². The third kappa shape index (κ3) is 5.45. The van der Waals surface area contributed by atoms with Crippen LogP contribution in [-0.4, -0.2) is 77.3 Å². The summed E-state index contributed by atoms with van der Waals surface area (Å²) in [4.78, 5) is 0. The molecule has 2 aromatic rings. The van der Waals surface area contributed by atoms with Crippen molar-refractivity contribution in [2.75, 3.05) is 52.9 Å². The first-order valence-corrected chi connectivity index (χ1v) is 11.1. The molecule has 2 aromatic carbocycles. The minimum Gasteiger partial charge on any atom is -0.491 e. The van der Waals surface area contributed by atoms with Crippen molar-refractivity contribution in [1.29, 1.82) is 0 Å². The third-order valence-electron chi connectivity index (χ3n) is 5.49. The molecule has 0 aromatic heterocycles. The van der Waals surface area contributed by atoms with Crippen molar-refractivity contribution in [3.63, 3.8) is 0 Å². The number of rotatable bonds is 13. The van der Waals surface area contributed by atoms with Crippen LogP contribution in [0, 0.1) is 0 Å². The lowest BCUT2D eigenvalue weighted by atomic mass is 10.0. The predicted octanol–water partition coefficient (Wildman–Crippen LogP) is 2.46. The highest BCUT2D eigenvalue weighted by atomic mass is 16.6. The van der Waals surface area contributed by atoms with Crippen molar-refractivity contribution >= 4 is 0 Å². The summed E-state index contributed by atoms with van der Waals surface area (Å²) in [6, 6.07) is 11.8. The summed E-state index contributed by atoms with van der Waals surface area (Å²) in [5.74, 6) is 2.78. The number of ether oxygens (including phenoxy) is 8. The lowest BCUT2D eigenvalue weighted by molar-refractivity contribution is 0.225. The molecule has 6 rings (SSSR count). The molecule has 0 N–H and O–H groups in total. The molecule has 4 fully saturated rings. The fraction of sp³-hybridized carbons (Fsp3) is 0.500. The maximum atomic E-state index is 6.21. The summed E-state index contributed by atoms with van der Waals surface area (Å²) in [6.07, 6.45) is 0.608. The molecule has 4 atom stereocenters. The molecule has 4 aliphatic heterocycles. The quantitative estimate of drug-likeness (QED) is 0.437. The van der Waals surface area contributed by atoms with Gasteiger partial charge in [-0.05, 0) is 23.8 Å². The minimum atomic E-state index is 0.124. The number of benzene rings is 2. The summed E-state index contributed by atoms with van der Waals surface area (Å²) in [6.45, 7) is 4.93. The molecule has 0 radical (unpaired) electrons. The van der Waals surface area contributed by atoms with E-state index < -0.39 is 0 Å². The van der Waals surface area contributed by atoms with Crippen molar-refractivity contribution in [3.8, 4) is 34.1 Å². The van der Waals surface area contributed by atoms with Crippen LogP contribution in [0.3, 0.4) is 0 Å². The van der Waals surface area contributed by atoms with E-state index in [2.05, 4.69) is 0 Å². The minimum absolute atomic E-state index is 0.124. The fourth-order valence-electron chi connectivity index (χ4n) is 3.28. The van der Waals surface area contributed by atoms with Gasteiger partial charge in [0.05, 0.1) is 26.4 Å². The second kappa shape index (κ2) is 8.78. The Labute approximate surface area is 186 Å². The van der Waals surface area contributed by atoms with Crippen LogP contribution in [0.2, 0.25) is 0 Å². The third-order valence-corrected chi connectivity index (χ3v) is 5.49. The topological polar surface area (TPSA) is 87.0 Å². The van der Waals surface area contributed by atoms with Gasteiger partial charge in [-0.2, -0.15) is 0 Å². The summed E-state index contributed by atoms with van der Waals surface area (Å²) >= 11 is 0. The van der Waals surface area contributed by atoms with Crippen molar-refractivity contribution in [3.05, 3.63) is 36.4 Å². The van der Waals surface area contributed by atoms with Gasteiger partial charge in [-0.15, -0.1) is 0 Å². The van der Waals surface area contributed by atoms with Gasteiger partial charge in [0.2, 0.25) is 0 Å². The Morgan fingerprint density at radius 2 is 1.19 bits per heavy atom. The molecule has 0 saturated carbocycles. The molecule has 4 aliphatic rings. The smallest absolute Gasteiger partial charge is 0.169 e. The van der Waals surface area contributed by atoms with E-state index in [1.165, 1.54) is 0 Å². The molecular weight excluding hydrogens is 416 g/mol.